The predicted molar refractivity (Wildman–Crippen MR) is 119 cm³/mol. The van der Waals surface area contributed by atoms with Crippen molar-refractivity contribution in [2.45, 2.75) is 109 Å². The lowest BCUT2D eigenvalue weighted by atomic mass is 9.98. The molecule has 0 heterocycles. The van der Waals surface area contributed by atoms with Crippen LogP contribution in [-0.2, 0) is 47.7 Å². The number of carbonyl (C=O) groups is 2. The van der Waals surface area contributed by atoms with Crippen molar-refractivity contribution < 1.29 is 44.3 Å². The van der Waals surface area contributed by atoms with E-state index in [1.54, 1.807) is 0 Å². The van der Waals surface area contributed by atoms with Gasteiger partial charge < -0.3 is 9.47 Å². The predicted octanol–water partition coefficient (Wildman–Crippen LogP) is 3.30. The molecular weight excluding hydrogens is 476 g/mol. The minimum atomic E-state index is -3.91. The van der Waals surface area contributed by atoms with Crippen molar-refractivity contribution in [3.8, 4) is 0 Å². The molecule has 0 bridgehead atoms. The van der Waals surface area contributed by atoms with Crippen molar-refractivity contribution in [1.82, 2.24) is 0 Å². The number of carbonyl (C=O) groups excluding carboxylic acids is 2. The van der Waals surface area contributed by atoms with Crippen LogP contribution in [0, 0.1) is 0 Å². The zero-order chi connectivity index (χ0) is 24.2. The largest absolute Gasteiger partial charge is 0.447 e. The van der Waals surface area contributed by atoms with Gasteiger partial charge in [-0.05, 0) is 38.5 Å². The van der Waals surface area contributed by atoms with Gasteiger partial charge in [-0.25, -0.2) is 0 Å². The van der Waals surface area contributed by atoms with Crippen LogP contribution in [0.5, 0.6) is 0 Å². The second kappa shape index (κ2) is 14.2. The van der Waals surface area contributed by atoms with Crippen molar-refractivity contribution in [2.75, 3.05) is 11.9 Å². The van der Waals surface area contributed by atoms with E-state index in [1.807, 2.05) is 0 Å². The maximum Gasteiger partial charge on any atom is 0.306 e. The van der Waals surface area contributed by atoms with E-state index in [-0.39, 0.29) is 25.0 Å². The first kappa shape index (κ1) is 28.0. The molecule has 12 heteroatoms. The van der Waals surface area contributed by atoms with E-state index in [1.165, 1.54) is 0 Å². The smallest absolute Gasteiger partial charge is 0.306 e. The Bertz CT molecular complexity index is 742. The molecule has 0 aliphatic heterocycles. The Morgan fingerprint density at radius 2 is 0.939 bits per heavy atom. The third kappa shape index (κ3) is 12.7. The molecule has 2 aliphatic carbocycles. The molecule has 2 rings (SSSR count). The first-order valence-corrected chi connectivity index (χ1v) is 14.9. The second-order valence-corrected chi connectivity index (χ2v) is 11.7. The first-order valence-electron chi connectivity index (χ1n) is 11.8. The van der Waals surface area contributed by atoms with Crippen molar-refractivity contribution in [2.24, 2.45) is 0 Å². The molecule has 0 radical (unpaired) electrons. The Balaban J connectivity index is 1.50. The molecule has 0 spiro atoms. The highest BCUT2D eigenvalue weighted by Gasteiger charge is 2.24. The molecule has 0 atom stereocenters. The minimum Gasteiger partial charge on any atom is -0.447 e. The summed E-state index contributed by atoms with van der Waals surface area (Å²) in [6.07, 6.45) is 9.26. The Hall–Kier alpha value is -1.24. The molecule has 0 saturated heterocycles. The molecule has 0 aromatic rings. The number of rotatable bonds is 14. The average molecular weight is 513 g/mol. The summed E-state index contributed by atoms with van der Waals surface area (Å²) in [5, 5.41) is 0. The van der Waals surface area contributed by atoms with Gasteiger partial charge in [-0.3, -0.25) is 18.0 Å². The van der Waals surface area contributed by atoms with Crippen LogP contribution in [0.4, 0.5) is 0 Å². The monoisotopic (exact) mass is 512 g/mol. The Morgan fingerprint density at radius 1 is 0.576 bits per heavy atom. The van der Waals surface area contributed by atoms with Crippen LogP contribution < -0.4 is 0 Å². The van der Waals surface area contributed by atoms with E-state index >= 15 is 0 Å². The molecule has 0 amide bonds. The summed E-state index contributed by atoms with van der Waals surface area (Å²) >= 11 is 0. The molecule has 0 aromatic heterocycles. The summed E-state index contributed by atoms with van der Waals surface area (Å²) < 4.78 is 67.3. The van der Waals surface area contributed by atoms with Gasteiger partial charge in [-0.15, -0.1) is 0 Å². The van der Waals surface area contributed by atoms with E-state index in [0.29, 0.717) is 44.9 Å². The summed E-state index contributed by atoms with van der Waals surface area (Å²) in [4.78, 5) is 23.5. The lowest BCUT2D eigenvalue weighted by Gasteiger charge is -2.21. The van der Waals surface area contributed by atoms with E-state index < -0.39 is 44.1 Å². The number of hydrogen-bond acceptors (Lipinski definition) is 10. The molecule has 2 saturated carbocycles. The molecule has 2 fully saturated rings. The number of unbranched alkanes of at least 4 members (excludes halogenated alkanes) is 2. The van der Waals surface area contributed by atoms with Gasteiger partial charge in [0.2, 0.25) is 11.9 Å². The summed E-state index contributed by atoms with van der Waals surface area (Å²) in [6, 6.07) is 0. The molecule has 192 valence electrons. The zero-order valence-electron chi connectivity index (χ0n) is 19.1. The van der Waals surface area contributed by atoms with Crippen LogP contribution in [0.25, 0.3) is 0 Å². The SMILES string of the molecule is O=C(CCCCCC(=O)OCS(=O)(=O)OC1CCCCC1)OCS(=O)(=O)OC1CCCCC1. The normalized spacial score (nSPS) is 18.7. The van der Waals surface area contributed by atoms with Gasteiger partial charge in [0.25, 0.3) is 0 Å². The van der Waals surface area contributed by atoms with Gasteiger partial charge in [-0.1, -0.05) is 44.9 Å². The quantitative estimate of drug-likeness (QED) is 0.193. The van der Waals surface area contributed by atoms with Gasteiger partial charge >= 0.3 is 32.2 Å². The van der Waals surface area contributed by atoms with Crippen LogP contribution in [-0.4, -0.2) is 52.9 Å². The van der Waals surface area contributed by atoms with Crippen molar-refractivity contribution in [3.05, 3.63) is 0 Å². The Morgan fingerprint density at radius 3 is 1.30 bits per heavy atom. The van der Waals surface area contributed by atoms with Gasteiger partial charge in [0.05, 0.1) is 12.2 Å². The zero-order valence-corrected chi connectivity index (χ0v) is 20.7. The number of ether oxygens (including phenoxy) is 2. The van der Waals surface area contributed by atoms with E-state index in [0.717, 1.165) is 38.5 Å². The summed E-state index contributed by atoms with van der Waals surface area (Å²) in [5.74, 6) is -2.91. The van der Waals surface area contributed by atoms with Crippen LogP contribution in [0.3, 0.4) is 0 Å². The summed E-state index contributed by atoms with van der Waals surface area (Å²) in [5.41, 5.74) is 0. The Kier molecular flexibility index (Phi) is 12.1. The van der Waals surface area contributed by atoms with Crippen LogP contribution in [0.1, 0.15) is 96.3 Å². The highest BCUT2D eigenvalue weighted by atomic mass is 32.2. The van der Waals surface area contributed by atoms with Crippen molar-refractivity contribution in [3.63, 3.8) is 0 Å². The third-order valence-electron chi connectivity index (χ3n) is 5.66. The van der Waals surface area contributed by atoms with E-state index in [4.69, 9.17) is 17.8 Å². The lowest BCUT2D eigenvalue weighted by molar-refractivity contribution is -0.142. The number of hydrogen-bond donors (Lipinski definition) is 0. The second-order valence-electron chi connectivity index (χ2n) is 8.66. The lowest BCUT2D eigenvalue weighted by Crippen LogP contribution is -2.25. The number of esters is 2. The summed E-state index contributed by atoms with van der Waals surface area (Å²) in [7, 11) is -7.83. The molecule has 33 heavy (non-hydrogen) atoms. The highest BCUT2D eigenvalue weighted by Crippen LogP contribution is 2.23. The van der Waals surface area contributed by atoms with Gasteiger partial charge in [-0.2, -0.15) is 16.8 Å². The van der Waals surface area contributed by atoms with E-state index in [9.17, 15) is 26.4 Å². The molecule has 2 aliphatic rings. The summed E-state index contributed by atoms with van der Waals surface area (Å²) in [6.45, 7) is 0. The first-order chi connectivity index (χ1) is 15.7. The molecule has 0 N–H and O–H groups in total. The standard InChI is InChI=1S/C21H36O10S2/c22-20(28-16-32(24,25)30-18-10-4-1-5-11-18)14-8-3-9-15-21(23)29-17-33(26,27)31-19-12-6-2-7-13-19/h18-19H,1-17H2. The van der Waals surface area contributed by atoms with Crippen LogP contribution >= 0.6 is 0 Å². The fourth-order valence-corrected chi connectivity index (χ4v) is 5.81. The fraction of sp³-hybridized carbons (Fsp3) is 0.905. The van der Waals surface area contributed by atoms with Gasteiger partial charge in [0, 0.05) is 12.8 Å². The third-order valence-corrected chi connectivity index (χ3v) is 7.60. The van der Waals surface area contributed by atoms with Gasteiger partial charge in [0.1, 0.15) is 0 Å². The average Bonchev–Trinajstić information content (AvgIpc) is 2.77. The van der Waals surface area contributed by atoms with Gasteiger partial charge in [0.15, 0.2) is 0 Å². The maximum absolute atomic E-state index is 11.9. The van der Waals surface area contributed by atoms with E-state index in [2.05, 4.69) is 0 Å². The Labute approximate surface area is 196 Å². The van der Waals surface area contributed by atoms with Crippen LogP contribution in [0.15, 0.2) is 0 Å². The maximum atomic E-state index is 11.9. The van der Waals surface area contributed by atoms with Crippen molar-refractivity contribution >= 4 is 32.2 Å². The molecular formula is C21H36O10S2. The molecule has 10 nitrogen and oxygen atoms in total. The minimum absolute atomic E-state index is 0.0115. The topological polar surface area (TPSA) is 139 Å². The molecule has 0 unspecified atom stereocenters. The van der Waals surface area contributed by atoms with Crippen LogP contribution in [0.2, 0.25) is 0 Å². The molecule has 0 aromatic carbocycles. The fourth-order valence-electron chi connectivity index (χ4n) is 3.93. The highest BCUT2D eigenvalue weighted by molar-refractivity contribution is 7.86. The van der Waals surface area contributed by atoms with Crippen molar-refractivity contribution in [1.29, 1.82) is 0 Å².